The zero-order valence-electron chi connectivity index (χ0n) is 20.3. The number of halogens is 5. The van der Waals surface area contributed by atoms with Crippen LogP contribution in [-0.4, -0.2) is 22.3 Å². The van der Waals surface area contributed by atoms with E-state index in [0.717, 1.165) is 6.07 Å². The van der Waals surface area contributed by atoms with Crippen molar-refractivity contribution in [3.05, 3.63) is 84.1 Å². The van der Waals surface area contributed by atoms with E-state index in [4.69, 9.17) is 4.78 Å². The van der Waals surface area contributed by atoms with Gasteiger partial charge in [0.25, 0.3) is 0 Å². The number of hydrogen-bond donors (Lipinski definition) is 4. The van der Waals surface area contributed by atoms with Crippen LogP contribution in [0.1, 0.15) is 5.56 Å². The number of alkyl halides is 3. The summed E-state index contributed by atoms with van der Waals surface area (Å²) in [5, 5.41) is 7.54. The lowest BCUT2D eigenvalue weighted by atomic mass is 10.1. The molecule has 0 aliphatic heterocycles. The van der Waals surface area contributed by atoms with Gasteiger partial charge in [-0.3, -0.25) is 0 Å². The second-order valence-electron chi connectivity index (χ2n) is 8.00. The number of benzene rings is 3. The molecule has 0 spiro atoms. The van der Waals surface area contributed by atoms with Crippen LogP contribution in [0.15, 0.2) is 76.8 Å². The molecule has 208 valence electrons. The third kappa shape index (κ3) is 6.84. The lowest BCUT2D eigenvalue weighted by molar-refractivity contribution is -0.137. The number of nitrogens with zero attached hydrogens (tertiary/aromatic N) is 2. The molecule has 0 bridgehead atoms. The summed E-state index contributed by atoms with van der Waals surface area (Å²) < 4.78 is 86.2. The van der Waals surface area contributed by atoms with Crippen molar-refractivity contribution in [1.29, 1.82) is 4.78 Å². The van der Waals surface area contributed by atoms with Crippen LogP contribution < -0.4 is 16.0 Å². The van der Waals surface area contributed by atoms with E-state index in [1.165, 1.54) is 36.2 Å². The summed E-state index contributed by atoms with van der Waals surface area (Å²) in [6.45, 7) is 0. The van der Waals surface area contributed by atoms with Gasteiger partial charge in [-0.2, -0.15) is 23.8 Å². The molecule has 1 aromatic heterocycles. The molecule has 4 N–H and O–H groups in total. The Morgan fingerprint density at radius 1 is 0.975 bits per heavy atom. The van der Waals surface area contributed by atoms with Crippen molar-refractivity contribution >= 4 is 51.4 Å². The molecule has 40 heavy (non-hydrogen) atoms. The average molecular weight is 594 g/mol. The predicted octanol–water partition coefficient (Wildman–Crippen LogP) is 7.64. The van der Waals surface area contributed by atoms with E-state index < -0.39 is 45.7 Å². The average Bonchev–Trinajstić information content (AvgIpc) is 2.90. The summed E-state index contributed by atoms with van der Waals surface area (Å²) in [5.41, 5.74) is -0.826. The molecule has 0 unspecified atom stereocenters. The van der Waals surface area contributed by atoms with Gasteiger partial charge in [-0.25, -0.2) is 23.5 Å². The molecule has 15 heteroatoms. The molecule has 0 atom stereocenters. The second kappa shape index (κ2) is 11.9. The van der Waals surface area contributed by atoms with Crippen LogP contribution in [0.25, 0.3) is 11.1 Å². The van der Waals surface area contributed by atoms with Gasteiger partial charge in [0.1, 0.15) is 16.7 Å². The van der Waals surface area contributed by atoms with E-state index in [2.05, 4.69) is 20.6 Å². The number of nitrogens with one attached hydrogen (secondary N) is 4. The highest BCUT2D eigenvalue weighted by Crippen LogP contribution is 2.33. The highest BCUT2D eigenvalue weighted by atomic mass is 32.2. The molecule has 1 heterocycles. The Balaban J connectivity index is 1.51. The van der Waals surface area contributed by atoms with Gasteiger partial charge in [-0.15, -0.1) is 11.8 Å². The van der Waals surface area contributed by atoms with Gasteiger partial charge >= 0.3 is 12.2 Å². The van der Waals surface area contributed by atoms with Gasteiger partial charge in [-0.05, 0) is 48.2 Å². The van der Waals surface area contributed by atoms with Crippen LogP contribution in [0.3, 0.4) is 0 Å². The number of aromatic nitrogens is 2. The van der Waals surface area contributed by atoms with Gasteiger partial charge in [0, 0.05) is 17.4 Å². The van der Waals surface area contributed by atoms with Gasteiger partial charge in [0.15, 0.2) is 0 Å². The third-order valence-electron chi connectivity index (χ3n) is 5.32. The van der Waals surface area contributed by atoms with Gasteiger partial charge in [0.2, 0.25) is 5.95 Å². The minimum Gasteiger partial charge on any atom is -0.440 e. The molecule has 4 aromatic rings. The molecule has 3 aromatic carbocycles. The summed E-state index contributed by atoms with van der Waals surface area (Å²) in [6, 6.07) is 10.6. The standard InChI is InChI=1S/C25H18F5N6O2S2/c1-39-22-17(12-32-23(36-22)33-15-3-2-4-16(11-15)40(31)38)13-5-8-20(19(27)9-13)34-24(37)35-21-10-14(25(28,29)30)6-7-18(21)26/h2-12,31H,1H3,(H,32,33,36)(H2,34,35,37)/q-1. The maximum atomic E-state index is 14.9. The fourth-order valence-corrected chi connectivity index (χ4v) is 4.46. The number of carbonyl (C=O) groups is 1. The van der Waals surface area contributed by atoms with Crippen molar-refractivity contribution < 1.29 is 31.0 Å². The molecule has 0 saturated carbocycles. The molecule has 0 aliphatic carbocycles. The molecule has 2 amide bonds. The summed E-state index contributed by atoms with van der Waals surface area (Å²) in [5.74, 6) is -1.76. The smallest absolute Gasteiger partial charge is 0.416 e. The van der Waals surface area contributed by atoms with E-state index in [1.54, 1.807) is 24.5 Å². The minimum atomic E-state index is -4.75. The predicted molar refractivity (Wildman–Crippen MR) is 142 cm³/mol. The topological polar surface area (TPSA) is 120 Å². The highest BCUT2D eigenvalue weighted by molar-refractivity contribution is 7.98. The Morgan fingerprint density at radius 2 is 1.73 bits per heavy atom. The monoisotopic (exact) mass is 593 g/mol. The van der Waals surface area contributed by atoms with Crippen LogP contribution in [-0.2, 0) is 21.0 Å². The lowest BCUT2D eigenvalue weighted by Crippen LogP contribution is -2.21. The molecular weight excluding hydrogens is 575 g/mol. The first-order chi connectivity index (χ1) is 18.9. The van der Waals surface area contributed by atoms with Crippen molar-refractivity contribution in [2.24, 2.45) is 0 Å². The van der Waals surface area contributed by atoms with E-state index in [0.29, 0.717) is 44.9 Å². The fraction of sp³-hybridized carbons (Fsp3) is 0.0800. The van der Waals surface area contributed by atoms with E-state index >= 15 is 0 Å². The van der Waals surface area contributed by atoms with Gasteiger partial charge < -0.3 is 24.9 Å². The second-order valence-corrected chi connectivity index (χ2v) is 9.81. The zero-order valence-corrected chi connectivity index (χ0v) is 21.9. The first-order valence-corrected chi connectivity index (χ1v) is 13.5. The number of hydrogen-bond acceptors (Lipinski definition) is 8. The fourth-order valence-electron chi connectivity index (χ4n) is 3.46. The maximum absolute atomic E-state index is 14.9. The number of anilines is 4. The molecule has 8 nitrogen and oxygen atoms in total. The summed E-state index contributed by atoms with van der Waals surface area (Å²) in [7, 11) is -1.91. The van der Waals surface area contributed by atoms with Crippen LogP contribution in [0.4, 0.5) is 49.8 Å². The van der Waals surface area contributed by atoms with Crippen LogP contribution >= 0.6 is 11.8 Å². The molecular formula is C25H18F5N6O2S2-. The number of thioether (sulfide) groups is 1. The number of rotatable bonds is 7. The third-order valence-corrected chi connectivity index (χ3v) is 6.70. The van der Waals surface area contributed by atoms with Crippen LogP contribution in [0.2, 0.25) is 0 Å². The van der Waals surface area contributed by atoms with E-state index in [9.17, 15) is 31.0 Å². The number of urea groups is 1. The quantitative estimate of drug-likeness (QED) is 0.0757. The van der Waals surface area contributed by atoms with Crippen molar-refractivity contribution in [2.75, 3.05) is 22.2 Å². The van der Waals surface area contributed by atoms with Crippen molar-refractivity contribution in [3.8, 4) is 11.1 Å². The SMILES string of the molecule is CSc1nc(Nc2cccc([S-](=N)=O)c2)ncc1-c1ccc(NC(=O)Nc2cc(C(F)(F)F)ccc2F)c(F)c1. The normalized spacial score (nSPS) is 11.4. The zero-order chi connectivity index (χ0) is 29.0. The Hall–Kier alpha value is -4.24. The summed E-state index contributed by atoms with van der Waals surface area (Å²) >= 11 is 1.26. The Kier molecular flexibility index (Phi) is 8.54. The molecule has 0 aliphatic rings. The summed E-state index contributed by atoms with van der Waals surface area (Å²) in [6.07, 6.45) is -1.54. The first-order valence-electron chi connectivity index (χ1n) is 11.1. The van der Waals surface area contributed by atoms with Crippen molar-refractivity contribution in [1.82, 2.24) is 9.97 Å². The van der Waals surface area contributed by atoms with Crippen LogP contribution in [0, 0.1) is 16.4 Å². The van der Waals surface area contributed by atoms with Gasteiger partial charge in [-0.1, -0.05) is 29.2 Å². The van der Waals surface area contributed by atoms with E-state index in [1.807, 2.05) is 5.32 Å². The first kappa shape index (κ1) is 28.8. The molecule has 0 saturated heterocycles. The molecule has 0 radical (unpaired) electrons. The van der Waals surface area contributed by atoms with Gasteiger partial charge in [0.05, 0.1) is 16.9 Å². The number of carbonyl (C=O) groups excluding carboxylic acids is 1. The highest BCUT2D eigenvalue weighted by Gasteiger charge is 2.31. The van der Waals surface area contributed by atoms with Crippen molar-refractivity contribution in [3.63, 3.8) is 0 Å². The molecule has 0 fully saturated rings. The minimum absolute atomic E-state index is 0.207. The van der Waals surface area contributed by atoms with E-state index in [-0.39, 0.29) is 11.6 Å². The summed E-state index contributed by atoms with van der Waals surface area (Å²) in [4.78, 5) is 21.2. The lowest BCUT2D eigenvalue weighted by Gasteiger charge is -2.13. The maximum Gasteiger partial charge on any atom is 0.416 e. The van der Waals surface area contributed by atoms with Crippen LogP contribution in [0.5, 0.6) is 0 Å². The van der Waals surface area contributed by atoms with Crippen molar-refractivity contribution in [2.45, 2.75) is 16.1 Å². The Morgan fingerprint density at radius 3 is 2.40 bits per heavy atom. The Labute approximate surface area is 230 Å². The Bertz CT molecular complexity index is 1660. The number of amides is 2. The molecule has 4 rings (SSSR count). The largest absolute Gasteiger partial charge is 0.440 e.